The van der Waals surface area contributed by atoms with E-state index in [4.69, 9.17) is 0 Å². The van der Waals surface area contributed by atoms with Gasteiger partial charge in [-0.05, 0) is 38.6 Å². The molecule has 3 rings (SSSR count). The highest BCUT2D eigenvalue weighted by molar-refractivity contribution is 14.0. The van der Waals surface area contributed by atoms with E-state index in [1.54, 1.807) is 7.05 Å². The molecule has 0 amide bonds. The van der Waals surface area contributed by atoms with Crippen LogP contribution in [0.2, 0.25) is 0 Å². The maximum absolute atomic E-state index is 13.9. The highest BCUT2D eigenvalue weighted by Gasteiger charge is 2.24. The van der Waals surface area contributed by atoms with Gasteiger partial charge in [-0.25, -0.2) is 8.78 Å². The summed E-state index contributed by atoms with van der Waals surface area (Å²) in [5.74, 6) is 0.110. The molecule has 2 aliphatic rings. The van der Waals surface area contributed by atoms with E-state index in [1.165, 1.54) is 25.0 Å². The molecule has 0 spiro atoms. The van der Waals surface area contributed by atoms with Crippen molar-refractivity contribution < 1.29 is 8.78 Å². The molecule has 1 atom stereocenters. The minimum absolute atomic E-state index is 0. The Morgan fingerprint density at radius 3 is 2.54 bits per heavy atom. The average molecular weight is 479 g/mol. The molecule has 8 heteroatoms. The van der Waals surface area contributed by atoms with Crippen LogP contribution >= 0.6 is 24.0 Å². The lowest BCUT2D eigenvalue weighted by Gasteiger charge is -2.38. The Balaban J connectivity index is 0.00000243. The minimum atomic E-state index is -0.406. The Morgan fingerprint density at radius 2 is 1.92 bits per heavy atom. The summed E-state index contributed by atoms with van der Waals surface area (Å²) < 4.78 is 27.3. The molecule has 1 N–H and O–H groups in total. The van der Waals surface area contributed by atoms with E-state index in [1.807, 2.05) is 4.90 Å². The first-order valence-electron chi connectivity index (χ1n) is 8.94. The lowest BCUT2D eigenvalue weighted by Crippen LogP contribution is -2.54. The Kier molecular flexibility index (Phi) is 7.87. The van der Waals surface area contributed by atoms with Crippen LogP contribution in [-0.4, -0.2) is 75.2 Å². The Labute approximate surface area is 171 Å². The van der Waals surface area contributed by atoms with Crippen molar-refractivity contribution in [2.45, 2.75) is 18.9 Å². The summed E-state index contributed by atoms with van der Waals surface area (Å²) in [4.78, 5) is 10.8. The molecule has 0 radical (unpaired) electrons. The van der Waals surface area contributed by atoms with Gasteiger partial charge in [0.15, 0.2) is 5.96 Å². The third-order valence-corrected chi connectivity index (χ3v) is 5.21. The summed E-state index contributed by atoms with van der Waals surface area (Å²) in [6, 6.07) is 4.17. The van der Waals surface area contributed by atoms with Crippen molar-refractivity contribution in [2.75, 3.05) is 58.3 Å². The fourth-order valence-corrected chi connectivity index (χ4v) is 3.67. The minimum Gasteiger partial charge on any atom is -0.366 e. The molecule has 2 heterocycles. The van der Waals surface area contributed by atoms with E-state index in [-0.39, 0.29) is 29.8 Å². The second-order valence-corrected chi connectivity index (χ2v) is 6.77. The zero-order valence-electron chi connectivity index (χ0n) is 15.4. The Hall–Kier alpha value is -1.16. The van der Waals surface area contributed by atoms with Crippen LogP contribution < -0.4 is 10.2 Å². The number of rotatable bonds is 3. The van der Waals surface area contributed by atoms with E-state index in [0.29, 0.717) is 24.8 Å². The Bertz CT molecular complexity index is 620. The number of likely N-dealkylation sites (tertiary alicyclic amines) is 1. The van der Waals surface area contributed by atoms with Crippen molar-refractivity contribution in [2.24, 2.45) is 4.99 Å². The van der Waals surface area contributed by atoms with E-state index in [9.17, 15) is 8.78 Å². The molecular weight excluding hydrogens is 451 g/mol. The largest absolute Gasteiger partial charge is 0.366 e. The molecule has 1 unspecified atom stereocenters. The molecule has 1 aromatic carbocycles. The number of hydrogen-bond acceptors (Lipinski definition) is 3. The molecule has 146 valence electrons. The molecular formula is C18H28F2IN5. The zero-order chi connectivity index (χ0) is 17.8. The summed E-state index contributed by atoms with van der Waals surface area (Å²) in [6.07, 6.45) is 2.46. The van der Waals surface area contributed by atoms with Crippen LogP contribution in [0.25, 0.3) is 0 Å². The van der Waals surface area contributed by atoms with Crippen molar-refractivity contribution in [3.8, 4) is 0 Å². The number of aliphatic imine (C=N–C) groups is 1. The molecule has 26 heavy (non-hydrogen) atoms. The van der Waals surface area contributed by atoms with Gasteiger partial charge in [0, 0.05) is 51.9 Å². The number of piperazine rings is 1. The van der Waals surface area contributed by atoms with Crippen LogP contribution in [0, 0.1) is 11.6 Å². The van der Waals surface area contributed by atoms with Crippen LogP contribution in [0.1, 0.15) is 12.8 Å². The van der Waals surface area contributed by atoms with E-state index in [0.717, 1.165) is 38.2 Å². The summed E-state index contributed by atoms with van der Waals surface area (Å²) in [5.41, 5.74) is 0.343. The molecule has 2 fully saturated rings. The van der Waals surface area contributed by atoms with Crippen molar-refractivity contribution in [3.63, 3.8) is 0 Å². The quantitative estimate of drug-likeness (QED) is 0.410. The number of guanidine groups is 1. The van der Waals surface area contributed by atoms with Crippen LogP contribution in [0.3, 0.4) is 0 Å². The summed E-state index contributed by atoms with van der Waals surface area (Å²) in [7, 11) is 3.95. The molecule has 2 aliphatic heterocycles. The van der Waals surface area contributed by atoms with Crippen LogP contribution in [0.15, 0.2) is 23.2 Å². The van der Waals surface area contributed by atoms with Crippen molar-refractivity contribution in [1.29, 1.82) is 0 Å². The molecule has 2 saturated heterocycles. The third kappa shape index (κ3) is 4.97. The third-order valence-electron chi connectivity index (χ3n) is 5.21. The first kappa shape index (κ1) is 21.1. The highest BCUT2D eigenvalue weighted by Crippen LogP contribution is 2.22. The van der Waals surface area contributed by atoms with Crippen molar-refractivity contribution >= 4 is 35.6 Å². The first-order valence-corrected chi connectivity index (χ1v) is 8.94. The van der Waals surface area contributed by atoms with Gasteiger partial charge in [-0.3, -0.25) is 4.99 Å². The average Bonchev–Trinajstić information content (AvgIpc) is 3.03. The summed E-state index contributed by atoms with van der Waals surface area (Å²) in [6.45, 7) is 4.80. The van der Waals surface area contributed by atoms with Gasteiger partial charge in [0.1, 0.15) is 11.6 Å². The van der Waals surface area contributed by atoms with Gasteiger partial charge in [-0.15, -0.1) is 24.0 Å². The van der Waals surface area contributed by atoms with Gasteiger partial charge in [0.05, 0.1) is 5.69 Å². The van der Waals surface area contributed by atoms with E-state index < -0.39 is 5.82 Å². The SMILES string of the molecule is CN=C(NCC1CCCN1C)N1CCN(c2cc(F)ccc2F)CC1.I. The maximum atomic E-state index is 13.9. The number of hydrogen-bond donors (Lipinski definition) is 1. The zero-order valence-corrected chi connectivity index (χ0v) is 17.7. The number of nitrogens with one attached hydrogen (secondary N) is 1. The molecule has 1 aromatic rings. The molecule has 0 saturated carbocycles. The van der Waals surface area contributed by atoms with Gasteiger partial charge in [-0.2, -0.15) is 0 Å². The molecule has 0 bridgehead atoms. The van der Waals surface area contributed by atoms with Crippen LogP contribution in [0.5, 0.6) is 0 Å². The van der Waals surface area contributed by atoms with Gasteiger partial charge in [0.25, 0.3) is 0 Å². The summed E-state index contributed by atoms with van der Waals surface area (Å²) >= 11 is 0. The van der Waals surface area contributed by atoms with Gasteiger partial charge in [-0.1, -0.05) is 0 Å². The summed E-state index contributed by atoms with van der Waals surface area (Å²) in [5, 5.41) is 3.47. The van der Waals surface area contributed by atoms with Gasteiger partial charge >= 0.3 is 0 Å². The smallest absolute Gasteiger partial charge is 0.193 e. The highest BCUT2D eigenvalue weighted by atomic mass is 127. The molecule has 5 nitrogen and oxygen atoms in total. The fraction of sp³-hybridized carbons (Fsp3) is 0.611. The lowest BCUT2D eigenvalue weighted by molar-refractivity contribution is 0.303. The Morgan fingerprint density at radius 1 is 1.19 bits per heavy atom. The molecule has 0 aliphatic carbocycles. The maximum Gasteiger partial charge on any atom is 0.193 e. The monoisotopic (exact) mass is 479 g/mol. The second-order valence-electron chi connectivity index (χ2n) is 6.77. The fourth-order valence-electron chi connectivity index (χ4n) is 3.67. The standard InChI is InChI=1S/C18H27F2N5.HI/c1-21-18(22-13-15-4-3-7-23(15)2)25-10-8-24(9-11-25)17-12-14(19)5-6-16(17)20;/h5-6,12,15H,3-4,7-11,13H2,1-2H3,(H,21,22);1H. The van der Waals surface area contributed by atoms with E-state index in [2.05, 4.69) is 27.2 Å². The normalized spacial score (nSPS) is 21.7. The lowest BCUT2D eigenvalue weighted by atomic mass is 10.2. The topological polar surface area (TPSA) is 34.1 Å². The van der Waals surface area contributed by atoms with E-state index >= 15 is 0 Å². The van der Waals surface area contributed by atoms with Gasteiger partial charge in [0.2, 0.25) is 0 Å². The number of benzene rings is 1. The van der Waals surface area contributed by atoms with Gasteiger partial charge < -0.3 is 20.0 Å². The number of anilines is 1. The van der Waals surface area contributed by atoms with Crippen LogP contribution in [0.4, 0.5) is 14.5 Å². The predicted molar refractivity (Wildman–Crippen MR) is 113 cm³/mol. The second kappa shape index (κ2) is 9.68. The number of likely N-dealkylation sites (N-methyl/N-ethyl adjacent to an activating group) is 1. The number of halogens is 3. The molecule has 0 aromatic heterocycles. The first-order chi connectivity index (χ1) is 12.1. The predicted octanol–water partition coefficient (Wildman–Crippen LogP) is 2.37. The van der Waals surface area contributed by atoms with Crippen molar-refractivity contribution in [1.82, 2.24) is 15.1 Å². The number of nitrogens with zero attached hydrogens (tertiary/aromatic N) is 4. The van der Waals surface area contributed by atoms with Crippen LogP contribution in [-0.2, 0) is 0 Å². The van der Waals surface area contributed by atoms with Crippen molar-refractivity contribution in [3.05, 3.63) is 29.8 Å².